The number of halogens is 1. The first kappa shape index (κ1) is 18.7. The molecule has 0 nitrogen and oxygen atoms in total. The molecule has 3 rings (SSSR count). The van der Waals surface area contributed by atoms with Gasteiger partial charge in [0, 0.05) is 5.88 Å². The van der Waals surface area contributed by atoms with Crippen LogP contribution >= 0.6 is 11.6 Å². The van der Waals surface area contributed by atoms with Crippen LogP contribution in [0.4, 0.5) is 0 Å². The van der Waals surface area contributed by atoms with Crippen molar-refractivity contribution in [3.63, 3.8) is 0 Å². The van der Waals surface area contributed by atoms with E-state index in [-0.39, 0.29) is 0 Å². The first-order valence-corrected chi connectivity index (χ1v) is 11.7. The van der Waals surface area contributed by atoms with Crippen molar-refractivity contribution in [1.29, 1.82) is 0 Å². The summed E-state index contributed by atoms with van der Waals surface area (Å²) in [6.45, 7) is 4.46. The Balaban J connectivity index is 2.43. The van der Waals surface area contributed by atoms with Gasteiger partial charge in [-0.2, -0.15) is 0 Å². The van der Waals surface area contributed by atoms with E-state index in [9.17, 15) is 0 Å². The van der Waals surface area contributed by atoms with E-state index < -0.39 is 8.07 Å². The van der Waals surface area contributed by atoms with Crippen LogP contribution in [0.2, 0.25) is 0 Å². The van der Waals surface area contributed by atoms with Gasteiger partial charge in [0.15, 0.2) is 8.07 Å². The SMILES string of the molecule is CC(C)/C=C(\CCl)[Si](c1ccccc1)(c1ccccc1)c1ccccc1. The zero-order valence-corrected chi connectivity index (χ0v) is 17.2. The maximum absolute atomic E-state index is 6.61. The van der Waals surface area contributed by atoms with Crippen molar-refractivity contribution in [3.05, 3.63) is 102 Å². The molecule has 0 saturated carbocycles. The van der Waals surface area contributed by atoms with Crippen molar-refractivity contribution in [2.24, 2.45) is 5.92 Å². The molecule has 3 aromatic carbocycles. The van der Waals surface area contributed by atoms with E-state index in [0.29, 0.717) is 11.8 Å². The van der Waals surface area contributed by atoms with E-state index in [4.69, 9.17) is 11.6 Å². The number of allylic oxidation sites excluding steroid dienone is 2. The van der Waals surface area contributed by atoms with Crippen LogP contribution in [-0.4, -0.2) is 14.0 Å². The lowest BCUT2D eigenvalue weighted by atomic mass is 10.2. The fourth-order valence-electron chi connectivity index (χ4n) is 3.79. The molecule has 0 radical (unpaired) electrons. The van der Waals surface area contributed by atoms with Crippen molar-refractivity contribution in [2.75, 3.05) is 5.88 Å². The molecule has 0 spiro atoms. The molecule has 3 aromatic rings. The van der Waals surface area contributed by atoms with Gasteiger partial charge in [-0.05, 0) is 21.5 Å². The molecule has 0 amide bonds. The van der Waals surface area contributed by atoms with Crippen molar-refractivity contribution in [1.82, 2.24) is 0 Å². The standard InChI is InChI=1S/C24H25ClSi/c1-20(2)18-24(19-25)26(21-12-6-3-7-13-21,22-14-8-4-9-15-22)23-16-10-5-11-17-23/h3-18,20H,19H2,1-2H3/b24-18+. The third kappa shape index (κ3) is 3.55. The normalized spacial score (nSPS) is 12.4. The van der Waals surface area contributed by atoms with Crippen LogP contribution in [0.15, 0.2) is 102 Å². The van der Waals surface area contributed by atoms with E-state index in [1.165, 1.54) is 20.8 Å². The van der Waals surface area contributed by atoms with Gasteiger partial charge in [-0.1, -0.05) is 116 Å². The molecule has 0 aliphatic heterocycles. The predicted octanol–water partition coefficient (Wildman–Crippen LogP) is 4.52. The molecule has 0 bridgehead atoms. The first-order chi connectivity index (χ1) is 12.7. The summed E-state index contributed by atoms with van der Waals surface area (Å²) in [5.74, 6) is 0.995. The second kappa shape index (κ2) is 8.53. The average molecular weight is 377 g/mol. The molecule has 0 N–H and O–H groups in total. The minimum atomic E-state index is -2.39. The molecule has 0 saturated heterocycles. The fourth-order valence-corrected chi connectivity index (χ4v) is 9.46. The summed E-state index contributed by atoms with van der Waals surface area (Å²) in [6.07, 6.45) is 2.38. The van der Waals surface area contributed by atoms with E-state index >= 15 is 0 Å². The molecule has 0 heterocycles. The van der Waals surface area contributed by atoms with Crippen LogP contribution in [0, 0.1) is 5.92 Å². The van der Waals surface area contributed by atoms with Gasteiger partial charge in [-0.15, -0.1) is 11.6 Å². The summed E-state index contributed by atoms with van der Waals surface area (Å²) in [5, 5.41) is 5.50. The van der Waals surface area contributed by atoms with Crippen LogP contribution < -0.4 is 15.6 Å². The average Bonchev–Trinajstić information content (AvgIpc) is 2.70. The van der Waals surface area contributed by atoms with E-state index in [0.717, 1.165) is 0 Å². The van der Waals surface area contributed by atoms with Crippen molar-refractivity contribution >= 4 is 35.2 Å². The summed E-state index contributed by atoms with van der Waals surface area (Å²) in [7, 11) is -2.39. The minimum absolute atomic E-state index is 0.451. The van der Waals surface area contributed by atoms with E-state index in [1.54, 1.807) is 0 Å². The Hall–Kier alpha value is -2.09. The lowest BCUT2D eigenvalue weighted by Gasteiger charge is -2.36. The van der Waals surface area contributed by atoms with Crippen LogP contribution in [0.1, 0.15) is 13.8 Å². The van der Waals surface area contributed by atoms with Gasteiger partial charge >= 0.3 is 0 Å². The zero-order valence-electron chi connectivity index (χ0n) is 15.4. The molecule has 0 aliphatic rings. The largest absolute Gasteiger partial charge is 0.176 e. The lowest BCUT2D eigenvalue weighted by Crippen LogP contribution is -2.69. The number of alkyl halides is 1. The maximum atomic E-state index is 6.61. The van der Waals surface area contributed by atoms with Gasteiger partial charge in [0.25, 0.3) is 0 Å². The van der Waals surface area contributed by atoms with Gasteiger partial charge in [-0.25, -0.2) is 0 Å². The van der Waals surface area contributed by atoms with Gasteiger partial charge in [0.05, 0.1) is 0 Å². The molecule has 2 heteroatoms. The highest BCUT2D eigenvalue weighted by Gasteiger charge is 2.42. The van der Waals surface area contributed by atoms with Crippen LogP contribution in [-0.2, 0) is 0 Å². The molecule has 0 aliphatic carbocycles. The molecule has 0 aromatic heterocycles. The quantitative estimate of drug-likeness (QED) is 0.337. The van der Waals surface area contributed by atoms with Crippen LogP contribution in [0.25, 0.3) is 0 Å². The highest BCUT2D eigenvalue weighted by Crippen LogP contribution is 2.20. The highest BCUT2D eigenvalue weighted by molar-refractivity contribution is 7.16. The number of rotatable bonds is 6. The van der Waals surface area contributed by atoms with Crippen LogP contribution in [0.5, 0.6) is 0 Å². The zero-order chi connectivity index (χ0) is 18.4. The second-order valence-electron chi connectivity index (χ2n) is 6.92. The summed E-state index contributed by atoms with van der Waals surface area (Å²) in [6, 6.07) is 32.7. The summed E-state index contributed by atoms with van der Waals surface area (Å²) < 4.78 is 0. The fraction of sp³-hybridized carbons (Fsp3) is 0.167. The third-order valence-electron chi connectivity index (χ3n) is 4.78. The Kier molecular flexibility index (Phi) is 6.13. The summed E-state index contributed by atoms with van der Waals surface area (Å²) in [5.41, 5.74) is 0. The van der Waals surface area contributed by atoms with E-state index in [2.05, 4.69) is 111 Å². The van der Waals surface area contributed by atoms with Gasteiger partial charge < -0.3 is 0 Å². The monoisotopic (exact) mass is 376 g/mol. The molecule has 0 unspecified atom stereocenters. The van der Waals surface area contributed by atoms with Crippen molar-refractivity contribution in [2.45, 2.75) is 13.8 Å². The van der Waals surface area contributed by atoms with Gasteiger partial charge in [0.1, 0.15) is 0 Å². The van der Waals surface area contributed by atoms with Crippen molar-refractivity contribution < 1.29 is 0 Å². The minimum Gasteiger partial charge on any atom is -0.122 e. The topological polar surface area (TPSA) is 0 Å². The van der Waals surface area contributed by atoms with Crippen molar-refractivity contribution in [3.8, 4) is 0 Å². The van der Waals surface area contributed by atoms with E-state index in [1.807, 2.05) is 0 Å². The van der Waals surface area contributed by atoms with Crippen LogP contribution in [0.3, 0.4) is 0 Å². The summed E-state index contributed by atoms with van der Waals surface area (Å²) in [4.78, 5) is 0. The molecule has 132 valence electrons. The lowest BCUT2D eigenvalue weighted by molar-refractivity contribution is 0.827. The molecule has 0 fully saturated rings. The molecular formula is C24H25ClSi. The second-order valence-corrected chi connectivity index (χ2v) is 11.1. The highest BCUT2D eigenvalue weighted by atomic mass is 35.5. The smallest absolute Gasteiger partial charge is 0.122 e. The number of hydrogen-bond acceptors (Lipinski definition) is 0. The van der Waals surface area contributed by atoms with Gasteiger partial charge in [-0.3, -0.25) is 0 Å². The summed E-state index contributed by atoms with van der Waals surface area (Å²) >= 11 is 6.61. The molecular weight excluding hydrogens is 352 g/mol. The maximum Gasteiger partial charge on any atom is 0.176 e. The number of benzene rings is 3. The molecule has 0 atom stereocenters. The van der Waals surface area contributed by atoms with Gasteiger partial charge in [0.2, 0.25) is 0 Å². The Bertz CT molecular complexity index is 742. The Morgan fingerprint density at radius 3 is 1.35 bits per heavy atom. The Labute approximate surface area is 163 Å². The molecule has 26 heavy (non-hydrogen) atoms. The Morgan fingerprint density at radius 2 is 1.08 bits per heavy atom. The first-order valence-electron chi connectivity index (χ1n) is 9.13. The third-order valence-corrected chi connectivity index (χ3v) is 10.2. The number of hydrogen-bond donors (Lipinski definition) is 0. The predicted molar refractivity (Wildman–Crippen MR) is 118 cm³/mol. The Morgan fingerprint density at radius 1 is 0.731 bits per heavy atom.